The molecule has 0 aromatic carbocycles. The Morgan fingerprint density at radius 3 is 2.45 bits per heavy atom. The van der Waals surface area contributed by atoms with Crippen molar-refractivity contribution in [2.45, 2.75) is 83.7 Å². The van der Waals surface area contributed by atoms with Gasteiger partial charge in [0, 0.05) is 11.6 Å². The van der Waals surface area contributed by atoms with Gasteiger partial charge in [0.25, 0.3) is 0 Å². The molecular weight excluding hydrogens is 246 g/mol. The third-order valence-electron chi connectivity index (χ3n) is 6.27. The maximum Gasteiger partial charge on any atom is 0.0420 e. The summed E-state index contributed by atoms with van der Waals surface area (Å²) in [6.07, 6.45) is 10.8. The van der Waals surface area contributed by atoms with Crippen LogP contribution in [0.1, 0.15) is 72.1 Å². The zero-order valence-electron chi connectivity index (χ0n) is 13.8. The second-order valence-electron chi connectivity index (χ2n) is 7.25. The van der Waals surface area contributed by atoms with E-state index in [0.29, 0.717) is 6.04 Å². The van der Waals surface area contributed by atoms with Gasteiger partial charge in [-0.1, -0.05) is 33.1 Å². The molecule has 20 heavy (non-hydrogen) atoms. The predicted octanol–water partition coefficient (Wildman–Crippen LogP) is 3.30. The first-order valence-electron chi connectivity index (χ1n) is 8.86. The van der Waals surface area contributed by atoms with Gasteiger partial charge >= 0.3 is 0 Å². The Bertz CT molecular complexity index is 288. The summed E-state index contributed by atoms with van der Waals surface area (Å²) in [5.41, 5.74) is 3.47. The number of nitrogens with two attached hydrogens (primary N) is 1. The fraction of sp³-hybridized carbons (Fsp3) is 1.00. The smallest absolute Gasteiger partial charge is 0.0420 e. The van der Waals surface area contributed by atoms with Crippen LogP contribution in [-0.4, -0.2) is 29.6 Å². The minimum atomic E-state index is 0.228. The highest BCUT2D eigenvalue weighted by molar-refractivity contribution is 5.01. The highest BCUT2D eigenvalue weighted by atomic mass is 15.3. The number of nitrogens with one attached hydrogen (secondary N) is 1. The lowest BCUT2D eigenvalue weighted by Crippen LogP contribution is -2.63. The molecular formula is C17H35N3. The average Bonchev–Trinajstić information content (AvgIpc) is 3.02. The third kappa shape index (κ3) is 3.20. The lowest BCUT2D eigenvalue weighted by Gasteiger charge is -2.49. The van der Waals surface area contributed by atoms with E-state index >= 15 is 0 Å². The summed E-state index contributed by atoms with van der Waals surface area (Å²) in [6.45, 7) is 9.64. The molecule has 1 saturated heterocycles. The Morgan fingerprint density at radius 1 is 1.20 bits per heavy atom. The molecule has 1 aliphatic heterocycles. The van der Waals surface area contributed by atoms with Crippen LogP contribution in [-0.2, 0) is 0 Å². The van der Waals surface area contributed by atoms with Gasteiger partial charge in [-0.3, -0.25) is 16.2 Å². The topological polar surface area (TPSA) is 41.3 Å². The van der Waals surface area contributed by atoms with Crippen molar-refractivity contribution in [2.75, 3.05) is 13.1 Å². The van der Waals surface area contributed by atoms with Crippen LogP contribution in [0.4, 0.5) is 0 Å². The van der Waals surface area contributed by atoms with Gasteiger partial charge in [0.2, 0.25) is 0 Å². The molecule has 0 aromatic rings. The Kier molecular flexibility index (Phi) is 5.88. The maximum absolute atomic E-state index is 6.04. The standard InChI is InChI=1S/C17H35N3/c1-4-14-9-8-10-15(13-14)16(19-18)17(3,5-2)20-11-6-7-12-20/h14-16,19H,4-13,18H2,1-3H3. The van der Waals surface area contributed by atoms with Gasteiger partial charge in [0.1, 0.15) is 0 Å². The van der Waals surface area contributed by atoms with Gasteiger partial charge < -0.3 is 0 Å². The van der Waals surface area contributed by atoms with Gasteiger partial charge in [-0.05, 0) is 64.0 Å². The zero-order valence-corrected chi connectivity index (χ0v) is 13.8. The van der Waals surface area contributed by atoms with Crippen LogP contribution in [0.3, 0.4) is 0 Å². The van der Waals surface area contributed by atoms with Gasteiger partial charge in [-0.2, -0.15) is 0 Å². The molecule has 1 heterocycles. The molecule has 0 radical (unpaired) electrons. The fourth-order valence-corrected chi connectivity index (χ4v) is 4.70. The average molecular weight is 281 g/mol. The summed E-state index contributed by atoms with van der Waals surface area (Å²) in [7, 11) is 0. The summed E-state index contributed by atoms with van der Waals surface area (Å²) in [6, 6.07) is 0.444. The van der Waals surface area contributed by atoms with Crippen molar-refractivity contribution >= 4 is 0 Å². The van der Waals surface area contributed by atoms with E-state index in [1.54, 1.807) is 0 Å². The van der Waals surface area contributed by atoms with E-state index < -0.39 is 0 Å². The zero-order chi connectivity index (χ0) is 14.6. The second kappa shape index (κ2) is 7.24. The Labute approximate surface area is 125 Å². The molecule has 4 atom stereocenters. The normalized spacial score (nSPS) is 33.0. The molecule has 1 aliphatic carbocycles. The van der Waals surface area contributed by atoms with Crippen LogP contribution >= 0.6 is 0 Å². The van der Waals surface area contributed by atoms with E-state index in [1.165, 1.54) is 64.5 Å². The van der Waals surface area contributed by atoms with Crippen molar-refractivity contribution in [3.8, 4) is 0 Å². The van der Waals surface area contributed by atoms with Crippen LogP contribution in [0.5, 0.6) is 0 Å². The Balaban J connectivity index is 2.11. The summed E-state index contributed by atoms with van der Waals surface area (Å²) in [5, 5.41) is 0. The van der Waals surface area contributed by atoms with Crippen molar-refractivity contribution in [1.29, 1.82) is 0 Å². The number of nitrogens with zero attached hydrogens (tertiary/aromatic N) is 1. The Hall–Kier alpha value is -0.120. The first kappa shape index (κ1) is 16.3. The van der Waals surface area contributed by atoms with E-state index in [9.17, 15) is 0 Å². The summed E-state index contributed by atoms with van der Waals surface area (Å²) < 4.78 is 0. The van der Waals surface area contributed by atoms with Crippen LogP contribution in [0.2, 0.25) is 0 Å². The van der Waals surface area contributed by atoms with Gasteiger partial charge in [0.05, 0.1) is 0 Å². The van der Waals surface area contributed by atoms with Gasteiger partial charge in [0.15, 0.2) is 0 Å². The molecule has 0 spiro atoms. The van der Waals surface area contributed by atoms with E-state index in [1.807, 2.05) is 0 Å². The minimum absolute atomic E-state index is 0.228. The lowest BCUT2D eigenvalue weighted by molar-refractivity contribution is 0.0395. The van der Waals surface area contributed by atoms with Gasteiger partial charge in [-0.15, -0.1) is 0 Å². The molecule has 3 heteroatoms. The molecule has 2 rings (SSSR count). The third-order valence-corrected chi connectivity index (χ3v) is 6.27. The molecule has 3 nitrogen and oxygen atoms in total. The first-order chi connectivity index (χ1) is 9.65. The van der Waals surface area contributed by atoms with Crippen molar-refractivity contribution < 1.29 is 0 Å². The van der Waals surface area contributed by atoms with Crippen LogP contribution in [0.25, 0.3) is 0 Å². The van der Waals surface area contributed by atoms with Crippen LogP contribution in [0.15, 0.2) is 0 Å². The summed E-state index contributed by atoms with van der Waals surface area (Å²) >= 11 is 0. The molecule has 2 fully saturated rings. The molecule has 0 bridgehead atoms. The number of rotatable bonds is 6. The molecule has 118 valence electrons. The second-order valence-corrected chi connectivity index (χ2v) is 7.25. The lowest BCUT2D eigenvalue weighted by atomic mass is 9.70. The minimum Gasteiger partial charge on any atom is -0.296 e. The fourth-order valence-electron chi connectivity index (χ4n) is 4.70. The van der Waals surface area contributed by atoms with Crippen molar-refractivity contribution in [3.63, 3.8) is 0 Å². The molecule has 4 unspecified atom stereocenters. The van der Waals surface area contributed by atoms with E-state index in [2.05, 4.69) is 31.1 Å². The van der Waals surface area contributed by atoms with Crippen molar-refractivity contribution in [1.82, 2.24) is 10.3 Å². The van der Waals surface area contributed by atoms with Crippen LogP contribution in [0, 0.1) is 11.8 Å². The largest absolute Gasteiger partial charge is 0.296 e. The Morgan fingerprint density at radius 2 is 1.90 bits per heavy atom. The molecule has 1 saturated carbocycles. The number of hydrogen-bond acceptors (Lipinski definition) is 3. The molecule has 3 N–H and O–H groups in total. The highest BCUT2D eigenvalue weighted by Crippen LogP contribution is 2.39. The number of hydrogen-bond donors (Lipinski definition) is 2. The van der Waals surface area contributed by atoms with E-state index in [4.69, 9.17) is 5.84 Å². The van der Waals surface area contributed by atoms with Crippen molar-refractivity contribution in [3.05, 3.63) is 0 Å². The maximum atomic E-state index is 6.04. The highest BCUT2D eigenvalue weighted by Gasteiger charge is 2.43. The first-order valence-corrected chi connectivity index (χ1v) is 8.86. The van der Waals surface area contributed by atoms with E-state index in [-0.39, 0.29) is 5.54 Å². The van der Waals surface area contributed by atoms with Gasteiger partial charge in [-0.25, -0.2) is 0 Å². The molecule has 0 amide bonds. The molecule has 2 aliphatic rings. The van der Waals surface area contributed by atoms with Crippen LogP contribution < -0.4 is 11.3 Å². The molecule has 0 aromatic heterocycles. The number of likely N-dealkylation sites (tertiary alicyclic amines) is 1. The SMILES string of the molecule is CCC1CCCC(C(NN)C(C)(CC)N2CCCC2)C1. The number of hydrazine groups is 1. The monoisotopic (exact) mass is 281 g/mol. The van der Waals surface area contributed by atoms with Crippen molar-refractivity contribution in [2.24, 2.45) is 17.7 Å². The van der Waals surface area contributed by atoms with E-state index in [0.717, 1.165) is 11.8 Å². The quantitative estimate of drug-likeness (QED) is 0.580. The predicted molar refractivity (Wildman–Crippen MR) is 86.4 cm³/mol. The summed E-state index contributed by atoms with van der Waals surface area (Å²) in [4.78, 5) is 2.70. The summed E-state index contributed by atoms with van der Waals surface area (Å²) in [5.74, 6) is 7.72.